The zero-order valence-corrected chi connectivity index (χ0v) is 12.3. The van der Waals surface area contributed by atoms with E-state index < -0.39 is 0 Å². The first-order valence-corrected chi connectivity index (χ1v) is 6.83. The van der Waals surface area contributed by atoms with Crippen LogP contribution in [0.15, 0.2) is 40.0 Å². The van der Waals surface area contributed by atoms with Crippen LogP contribution < -0.4 is 10.9 Å². The molecule has 0 aliphatic heterocycles. The van der Waals surface area contributed by atoms with Gasteiger partial charge in [0, 0.05) is 18.9 Å². The van der Waals surface area contributed by atoms with Crippen LogP contribution in [0.4, 0.5) is 5.69 Å². The van der Waals surface area contributed by atoms with Gasteiger partial charge in [0.25, 0.3) is 5.56 Å². The van der Waals surface area contributed by atoms with E-state index in [0.717, 1.165) is 12.0 Å². The first kappa shape index (κ1) is 14.3. The van der Waals surface area contributed by atoms with Crippen molar-refractivity contribution in [3.8, 4) is 12.3 Å². The van der Waals surface area contributed by atoms with Gasteiger partial charge in [-0.05, 0) is 34.0 Å². The van der Waals surface area contributed by atoms with Crippen molar-refractivity contribution >= 4 is 21.6 Å². The average molecular weight is 333 g/mol. The maximum absolute atomic E-state index is 11.9. The summed E-state index contributed by atoms with van der Waals surface area (Å²) >= 11 is 3.27. The van der Waals surface area contributed by atoms with Crippen LogP contribution in [0.1, 0.15) is 5.56 Å². The molecule has 0 aliphatic carbocycles. The first-order valence-electron chi connectivity index (χ1n) is 6.04. The highest BCUT2D eigenvalue weighted by atomic mass is 79.9. The topological polar surface area (TPSA) is 59.8 Å². The maximum atomic E-state index is 11.9. The largest absolute Gasteiger partial charge is 0.382 e. The Bertz CT molecular complexity index is 676. The summed E-state index contributed by atoms with van der Waals surface area (Å²) in [5, 5.41) is 7.18. The molecule has 2 rings (SSSR count). The standard InChI is InChI=1S/C14H13BrN4O/c1-2-8-19-14(20)13(15)12(10-18-19)17-7-5-11-4-3-6-16-9-11/h1,3-4,6,9-10,17H,5,7-8H2. The molecule has 0 spiro atoms. The van der Waals surface area contributed by atoms with Crippen molar-refractivity contribution in [1.82, 2.24) is 14.8 Å². The Morgan fingerprint density at radius 3 is 3.00 bits per heavy atom. The van der Waals surface area contributed by atoms with Crippen molar-refractivity contribution in [2.24, 2.45) is 0 Å². The first-order chi connectivity index (χ1) is 9.72. The molecule has 5 nitrogen and oxygen atoms in total. The van der Waals surface area contributed by atoms with Crippen molar-refractivity contribution in [3.05, 3.63) is 51.1 Å². The number of halogens is 1. The zero-order valence-electron chi connectivity index (χ0n) is 10.7. The van der Waals surface area contributed by atoms with E-state index in [1.165, 1.54) is 4.68 Å². The quantitative estimate of drug-likeness (QED) is 0.846. The number of hydrogen-bond acceptors (Lipinski definition) is 4. The van der Waals surface area contributed by atoms with Crippen LogP contribution in [0.3, 0.4) is 0 Å². The van der Waals surface area contributed by atoms with Gasteiger partial charge in [0.15, 0.2) is 0 Å². The Labute approximate surface area is 125 Å². The lowest BCUT2D eigenvalue weighted by atomic mass is 10.2. The minimum atomic E-state index is -0.241. The van der Waals surface area contributed by atoms with Gasteiger partial charge in [0.05, 0.1) is 11.9 Å². The molecule has 102 valence electrons. The summed E-state index contributed by atoms with van der Waals surface area (Å²) in [6.07, 6.45) is 11.1. The van der Waals surface area contributed by atoms with Crippen molar-refractivity contribution in [2.45, 2.75) is 13.0 Å². The van der Waals surface area contributed by atoms with Gasteiger partial charge >= 0.3 is 0 Å². The lowest BCUT2D eigenvalue weighted by Gasteiger charge is -2.09. The molecule has 0 aromatic carbocycles. The Morgan fingerprint density at radius 2 is 2.30 bits per heavy atom. The fourth-order valence-corrected chi connectivity index (χ4v) is 2.12. The monoisotopic (exact) mass is 332 g/mol. The van der Waals surface area contributed by atoms with Crippen LogP contribution >= 0.6 is 15.9 Å². The highest BCUT2D eigenvalue weighted by molar-refractivity contribution is 9.10. The van der Waals surface area contributed by atoms with Crippen LogP contribution in [0, 0.1) is 12.3 Å². The molecule has 1 N–H and O–H groups in total. The molecule has 0 aliphatic rings. The molecule has 0 unspecified atom stereocenters. The summed E-state index contributed by atoms with van der Waals surface area (Å²) in [6.45, 7) is 0.845. The molecule has 0 fully saturated rings. The Kier molecular flexibility index (Phi) is 4.91. The van der Waals surface area contributed by atoms with Gasteiger partial charge in [-0.2, -0.15) is 5.10 Å². The molecule has 2 heterocycles. The molecular weight excluding hydrogens is 320 g/mol. The molecule has 2 aromatic rings. The van der Waals surface area contributed by atoms with Crippen LogP contribution in [-0.2, 0) is 13.0 Å². The Morgan fingerprint density at radius 1 is 1.45 bits per heavy atom. The van der Waals surface area contributed by atoms with Gasteiger partial charge in [-0.25, -0.2) is 4.68 Å². The third-order valence-corrected chi connectivity index (χ3v) is 3.44. The predicted octanol–water partition coefficient (Wildman–Crippen LogP) is 1.69. The average Bonchev–Trinajstić information content (AvgIpc) is 2.48. The number of rotatable bonds is 5. The Hall–Kier alpha value is -2.13. The van der Waals surface area contributed by atoms with Crippen LogP contribution in [0.2, 0.25) is 0 Å². The zero-order chi connectivity index (χ0) is 14.4. The van der Waals surface area contributed by atoms with Gasteiger partial charge in [0.2, 0.25) is 0 Å². The highest BCUT2D eigenvalue weighted by Gasteiger charge is 2.07. The third kappa shape index (κ3) is 3.45. The molecule has 6 heteroatoms. The molecule has 0 saturated carbocycles. The molecule has 0 bridgehead atoms. The minimum Gasteiger partial charge on any atom is -0.382 e. The van der Waals surface area contributed by atoms with Gasteiger partial charge in [-0.1, -0.05) is 12.0 Å². The van der Waals surface area contributed by atoms with E-state index in [0.29, 0.717) is 16.7 Å². The van der Waals surface area contributed by atoms with Gasteiger partial charge in [-0.15, -0.1) is 6.42 Å². The Balaban J connectivity index is 2.02. The second-order valence-electron chi connectivity index (χ2n) is 4.08. The van der Waals surface area contributed by atoms with E-state index in [1.54, 1.807) is 12.4 Å². The highest BCUT2D eigenvalue weighted by Crippen LogP contribution is 2.15. The second kappa shape index (κ2) is 6.87. The lowest BCUT2D eigenvalue weighted by Crippen LogP contribution is -2.24. The van der Waals surface area contributed by atoms with Gasteiger partial charge in [0.1, 0.15) is 11.0 Å². The van der Waals surface area contributed by atoms with Gasteiger partial charge < -0.3 is 5.32 Å². The number of hydrogen-bond donors (Lipinski definition) is 1. The minimum absolute atomic E-state index is 0.160. The molecular formula is C14H13BrN4O. The second-order valence-corrected chi connectivity index (χ2v) is 4.87. The fraction of sp³-hybridized carbons (Fsp3) is 0.214. The molecule has 0 saturated heterocycles. The van der Waals surface area contributed by atoms with E-state index in [9.17, 15) is 4.79 Å². The molecule has 0 atom stereocenters. The molecule has 0 amide bonds. The normalized spacial score (nSPS) is 10.0. The number of nitrogens with zero attached hydrogens (tertiary/aromatic N) is 3. The predicted molar refractivity (Wildman–Crippen MR) is 81.5 cm³/mol. The number of terminal acetylenes is 1. The van der Waals surface area contributed by atoms with E-state index in [2.05, 4.69) is 37.2 Å². The number of pyridine rings is 1. The summed E-state index contributed by atoms with van der Waals surface area (Å²) < 4.78 is 1.67. The summed E-state index contributed by atoms with van der Waals surface area (Å²) in [5.74, 6) is 2.39. The molecule has 0 radical (unpaired) electrons. The van der Waals surface area contributed by atoms with E-state index in [1.807, 2.05) is 18.3 Å². The third-order valence-electron chi connectivity index (χ3n) is 2.68. The van der Waals surface area contributed by atoms with Crippen molar-refractivity contribution in [2.75, 3.05) is 11.9 Å². The summed E-state index contributed by atoms with van der Waals surface area (Å²) in [6, 6.07) is 3.90. The van der Waals surface area contributed by atoms with Crippen molar-refractivity contribution in [3.63, 3.8) is 0 Å². The fourth-order valence-electron chi connectivity index (χ4n) is 1.67. The van der Waals surface area contributed by atoms with Crippen molar-refractivity contribution < 1.29 is 0 Å². The number of aromatic nitrogens is 3. The maximum Gasteiger partial charge on any atom is 0.284 e. The van der Waals surface area contributed by atoms with Crippen LogP contribution in [0.5, 0.6) is 0 Å². The number of nitrogens with one attached hydrogen (secondary N) is 1. The van der Waals surface area contributed by atoms with Crippen molar-refractivity contribution in [1.29, 1.82) is 0 Å². The van der Waals surface area contributed by atoms with E-state index in [-0.39, 0.29) is 12.1 Å². The summed E-state index contributed by atoms with van der Waals surface area (Å²) in [7, 11) is 0. The molecule has 2 aromatic heterocycles. The molecule has 20 heavy (non-hydrogen) atoms. The number of anilines is 1. The smallest absolute Gasteiger partial charge is 0.284 e. The SMILES string of the molecule is C#CCn1ncc(NCCc2cccnc2)c(Br)c1=O. The van der Waals surface area contributed by atoms with E-state index >= 15 is 0 Å². The van der Waals surface area contributed by atoms with E-state index in [4.69, 9.17) is 6.42 Å². The lowest BCUT2D eigenvalue weighted by molar-refractivity contribution is 0.659. The van der Waals surface area contributed by atoms with Crippen LogP contribution in [-0.4, -0.2) is 21.3 Å². The summed E-state index contributed by atoms with van der Waals surface area (Å²) in [4.78, 5) is 16.0. The summed E-state index contributed by atoms with van der Waals surface area (Å²) in [5.41, 5.74) is 1.55. The van der Waals surface area contributed by atoms with Crippen LogP contribution in [0.25, 0.3) is 0 Å². The van der Waals surface area contributed by atoms with Gasteiger partial charge in [-0.3, -0.25) is 9.78 Å².